The van der Waals surface area contributed by atoms with Crippen LogP contribution in [0.2, 0.25) is 5.02 Å². The van der Waals surface area contributed by atoms with Crippen molar-refractivity contribution in [2.24, 2.45) is 0 Å². The van der Waals surface area contributed by atoms with Gasteiger partial charge in [-0.3, -0.25) is 0 Å². The number of thiophene rings is 1. The lowest BCUT2D eigenvalue weighted by Gasteiger charge is -2.32. The number of rotatable bonds is 2. The number of fused-ring (bicyclic) bond motifs is 5. The Morgan fingerprint density at radius 1 is 1.11 bits per heavy atom. The minimum atomic E-state index is -0.387. The highest BCUT2D eigenvalue weighted by Crippen LogP contribution is 2.43. The van der Waals surface area contributed by atoms with Crippen molar-refractivity contribution >= 4 is 34.7 Å². The monoisotopic (exact) mass is 520 g/mol. The van der Waals surface area contributed by atoms with Crippen molar-refractivity contribution in [3.8, 4) is 5.00 Å². The van der Waals surface area contributed by atoms with Crippen molar-refractivity contribution < 1.29 is 9.18 Å². The van der Waals surface area contributed by atoms with E-state index in [2.05, 4.69) is 34.1 Å². The summed E-state index contributed by atoms with van der Waals surface area (Å²) in [5.41, 5.74) is 6.00. The van der Waals surface area contributed by atoms with Crippen LogP contribution in [0.4, 0.5) is 14.9 Å². The number of nitrogens with zero attached hydrogens (tertiary/aromatic N) is 3. The van der Waals surface area contributed by atoms with Gasteiger partial charge in [0.15, 0.2) is 0 Å². The molecule has 0 spiro atoms. The summed E-state index contributed by atoms with van der Waals surface area (Å²) in [5, 5.41) is 4.83. The number of benzene rings is 2. The van der Waals surface area contributed by atoms with Gasteiger partial charge < -0.3 is 19.7 Å². The zero-order chi connectivity index (χ0) is 25.0. The predicted octanol–water partition coefficient (Wildman–Crippen LogP) is 6.76. The number of carbonyl (C=O) groups is 1. The average molecular weight is 521 g/mol. The standard InChI is InChI=1S/C28H26ClFN4OS/c1-17-5-8-19(29)14-23(17)31-28(35)34-15-22-21-11-13-32(2)16-25(21)36-27(22)33-12-3-4-24(33)26(34)18-6-9-20(30)10-7-18/h3-10,12,14,26H,11,13,15-16H2,1-2H3,(H,31,35)/t26-/m1/s1. The first-order chi connectivity index (χ1) is 17.4. The van der Waals surface area contributed by atoms with Crippen LogP contribution in [0.5, 0.6) is 0 Å². The lowest BCUT2D eigenvalue weighted by molar-refractivity contribution is 0.194. The molecule has 4 aromatic rings. The van der Waals surface area contributed by atoms with Crippen LogP contribution < -0.4 is 5.32 Å². The van der Waals surface area contributed by atoms with E-state index < -0.39 is 0 Å². The van der Waals surface area contributed by atoms with E-state index in [1.807, 2.05) is 41.4 Å². The minimum absolute atomic E-state index is 0.219. The predicted molar refractivity (Wildman–Crippen MR) is 143 cm³/mol. The number of urea groups is 1. The van der Waals surface area contributed by atoms with Gasteiger partial charge >= 0.3 is 6.03 Å². The summed E-state index contributed by atoms with van der Waals surface area (Å²) in [7, 11) is 2.15. The van der Waals surface area contributed by atoms with Gasteiger partial charge in [0.05, 0.1) is 18.3 Å². The van der Waals surface area contributed by atoms with Crippen LogP contribution in [0.1, 0.15) is 38.9 Å². The summed E-state index contributed by atoms with van der Waals surface area (Å²) in [6, 6.07) is 15.4. The van der Waals surface area contributed by atoms with Gasteiger partial charge in [0.2, 0.25) is 0 Å². The highest BCUT2D eigenvalue weighted by atomic mass is 35.5. The molecule has 0 saturated carbocycles. The first kappa shape index (κ1) is 23.3. The molecular formula is C28H26ClFN4OS. The SMILES string of the molecule is Cc1ccc(Cl)cc1NC(=O)N1Cc2c(sc3c2CCN(C)C3)-n2cccc2[C@H]1c1ccc(F)cc1. The second-order valence-corrected chi connectivity index (χ2v) is 11.1. The van der Waals surface area contributed by atoms with E-state index in [0.29, 0.717) is 17.3 Å². The number of nitrogens with one attached hydrogen (secondary N) is 1. The Hall–Kier alpha value is -3.13. The van der Waals surface area contributed by atoms with Crippen LogP contribution in [-0.4, -0.2) is 34.0 Å². The zero-order valence-corrected chi connectivity index (χ0v) is 21.7. The normalized spacial score (nSPS) is 17.2. The van der Waals surface area contributed by atoms with Crippen LogP contribution in [0, 0.1) is 12.7 Å². The fraction of sp³-hybridized carbons (Fsp3) is 0.250. The Morgan fingerprint density at radius 2 is 1.92 bits per heavy atom. The molecule has 0 bridgehead atoms. The van der Waals surface area contributed by atoms with Gasteiger partial charge in [0.1, 0.15) is 10.8 Å². The lowest BCUT2D eigenvalue weighted by atomic mass is 10.0. The smallest absolute Gasteiger partial charge is 0.310 e. The molecule has 1 atom stereocenters. The van der Waals surface area contributed by atoms with Crippen molar-refractivity contribution in [2.45, 2.75) is 32.5 Å². The summed E-state index contributed by atoms with van der Waals surface area (Å²) in [6.07, 6.45) is 3.03. The summed E-state index contributed by atoms with van der Waals surface area (Å²) >= 11 is 8.05. The number of halogens is 2. The molecule has 2 aliphatic rings. The number of amides is 2. The van der Waals surface area contributed by atoms with E-state index in [4.69, 9.17) is 11.6 Å². The van der Waals surface area contributed by atoms with Crippen LogP contribution in [-0.2, 0) is 19.5 Å². The largest absolute Gasteiger partial charge is 0.322 e. The van der Waals surface area contributed by atoms with Crippen LogP contribution in [0.3, 0.4) is 0 Å². The van der Waals surface area contributed by atoms with E-state index in [1.54, 1.807) is 18.2 Å². The number of carbonyl (C=O) groups excluding carboxylic acids is 1. The van der Waals surface area contributed by atoms with Crippen LogP contribution in [0.25, 0.3) is 5.00 Å². The van der Waals surface area contributed by atoms with Crippen molar-refractivity contribution in [1.29, 1.82) is 0 Å². The molecule has 0 fully saturated rings. The summed E-state index contributed by atoms with van der Waals surface area (Å²) in [6.45, 7) is 4.31. The van der Waals surface area contributed by atoms with Gasteiger partial charge in [0.25, 0.3) is 0 Å². The first-order valence-electron chi connectivity index (χ1n) is 12.0. The topological polar surface area (TPSA) is 40.5 Å². The Balaban J connectivity index is 1.50. The van der Waals surface area contributed by atoms with E-state index in [0.717, 1.165) is 41.3 Å². The molecule has 4 heterocycles. The third-order valence-electron chi connectivity index (χ3n) is 7.14. The van der Waals surface area contributed by atoms with Crippen molar-refractivity contribution in [1.82, 2.24) is 14.4 Å². The fourth-order valence-electron chi connectivity index (χ4n) is 5.26. The second kappa shape index (κ2) is 9.07. The molecule has 2 aromatic carbocycles. The molecule has 0 unspecified atom stereocenters. The van der Waals surface area contributed by atoms with Crippen molar-refractivity contribution in [2.75, 3.05) is 18.9 Å². The number of hydrogen-bond donors (Lipinski definition) is 1. The molecule has 36 heavy (non-hydrogen) atoms. The van der Waals surface area contributed by atoms with E-state index in [9.17, 15) is 9.18 Å². The summed E-state index contributed by atoms with van der Waals surface area (Å²) in [5.74, 6) is -0.300. The maximum absolute atomic E-state index is 14.0. The van der Waals surface area contributed by atoms with Gasteiger partial charge in [-0.2, -0.15) is 0 Å². The zero-order valence-electron chi connectivity index (χ0n) is 20.1. The second-order valence-electron chi connectivity index (χ2n) is 9.55. The Labute approximate surface area is 218 Å². The molecule has 184 valence electrons. The Kier molecular flexibility index (Phi) is 5.86. The van der Waals surface area contributed by atoms with Crippen LogP contribution in [0.15, 0.2) is 60.8 Å². The van der Waals surface area contributed by atoms with Crippen molar-refractivity contribution in [3.63, 3.8) is 0 Å². The van der Waals surface area contributed by atoms with Gasteiger partial charge in [0, 0.05) is 40.4 Å². The molecule has 0 aliphatic carbocycles. The Morgan fingerprint density at radius 3 is 2.72 bits per heavy atom. The molecule has 1 N–H and O–H groups in total. The minimum Gasteiger partial charge on any atom is -0.310 e. The molecule has 2 aliphatic heterocycles. The van der Waals surface area contributed by atoms with Gasteiger partial charge in [-0.25, -0.2) is 9.18 Å². The maximum atomic E-state index is 14.0. The molecule has 6 rings (SSSR count). The third kappa shape index (κ3) is 4.01. The van der Waals surface area contributed by atoms with E-state index in [1.165, 1.54) is 28.1 Å². The lowest BCUT2D eigenvalue weighted by Crippen LogP contribution is -2.38. The van der Waals surface area contributed by atoms with E-state index >= 15 is 0 Å². The number of aryl methyl sites for hydroxylation is 1. The molecule has 0 saturated heterocycles. The van der Waals surface area contributed by atoms with E-state index in [-0.39, 0.29) is 17.9 Å². The molecule has 2 aromatic heterocycles. The van der Waals surface area contributed by atoms with Gasteiger partial charge in [-0.05, 0) is 73.5 Å². The quantitative estimate of drug-likeness (QED) is 0.317. The van der Waals surface area contributed by atoms with Gasteiger partial charge in [-0.15, -0.1) is 11.3 Å². The third-order valence-corrected chi connectivity index (χ3v) is 8.64. The number of hydrogen-bond acceptors (Lipinski definition) is 3. The summed E-state index contributed by atoms with van der Waals surface area (Å²) < 4.78 is 16.1. The molecular weight excluding hydrogens is 495 g/mol. The fourth-order valence-corrected chi connectivity index (χ4v) is 6.88. The highest BCUT2D eigenvalue weighted by Gasteiger charge is 2.36. The molecule has 5 nitrogen and oxygen atoms in total. The average Bonchev–Trinajstić information content (AvgIpc) is 3.43. The number of likely N-dealkylation sites (N-methyl/N-ethyl adjacent to an activating group) is 1. The first-order valence-corrected chi connectivity index (χ1v) is 13.2. The van der Waals surface area contributed by atoms with Crippen molar-refractivity contribution in [3.05, 3.63) is 104 Å². The number of aromatic nitrogens is 1. The molecule has 0 radical (unpaired) electrons. The number of anilines is 1. The highest BCUT2D eigenvalue weighted by molar-refractivity contribution is 7.15. The Bertz CT molecular complexity index is 1460. The summed E-state index contributed by atoms with van der Waals surface area (Å²) in [4.78, 5) is 19.6. The maximum Gasteiger partial charge on any atom is 0.322 e. The van der Waals surface area contributed by atoms with Gasteiger partial charge in [-0.1, -0.05) is 29.8 Å². The molecule has 8 heteroatoms. The van der Waals surface area contributed by atoms with Crippen LogP contribution >= 0.6 is 22.9 Å². The molecule has 2 amide bonds.